The van der Waals surface area contributed by atoms with Crippen LogP contribution in [0, 0.1) is 0 Å². The van der Waals surface area contributed by atoms with Crippen LogP contribution in [0.4, 0.5) is 34.1 Å². The SMILES string of the molecule is COc1ccc(N=Nc2cc(OCCO)c(N=Nc3c(S(=O)(=O)O)cc4cc(N=NC5C(=O)N(c6ccc(S(=O)(=O)O)cc6)N=C5C(=O)O)ccc4c3O)cc2OCCO)c(S(=O)(=O)O)c1. The minimum atomic E-state index is -5.22. The van der Waals surface area contributed by atoms with Gasteiger partial charge >= 0.3 is 5.97 Å². The molecule has 5 aromatic carbocycles. The first kappa shape index (κ1) is 48.1. The molecule has 0 spiro atoms. The zero-order valence-corrected chi connectivity index (χ0v) is 35.8. The molecule has 1 heterocycles. The number of carboxylic acid groups (broad SMARTS) is 1. The molecule has 29 heteroatoms. The Labute approximate surface area is 371 Å². The van der Waals surface area contributed by atoms with Gasteiger partial charge in [-0.15, -0.1) is 20.5 Å². The van der Waals surface area contributed by atoms with E-state index in [1.54, 1.807) is 0 Å². The second-order valence-electron chi connectivity index (χ2n) is 13.1. The van der Waals surface area contributed by atoms with E-state index in [2.05, 4.69) is 35.8 Å². The van der Waals surface area contributed by atoms with Gasteiger partial charge in [-0.2, -0.15) is 45.6 Å². The number of methoxy groups -OCH3 is 1. The molecule has 1 aliphatic rings. The number of fused-ring (bicyclic) bond motifs is 1. The van der Waals surface area contributed by atoms with E-state index < -0.39 is 93.3 Å². The summed E-state index contributed by atoms with van der Waals surface area (Å²) in [6.07, 6.45) is 0. The molecule has 26 nitrogen and oxygen atoms in total. The summed E-state index contributed by atoms with van der Waals surface area (Å²) in [7, 11) is -13.4. The van der Waals surface area contributed by atoms with Crippen LogP contribution in [0.25, 0.3) is 10.8 Å². The Bertz CT molecular complexity index is 3220. The molecule has 1 amide bonds. The molecule has 0 bridgehead atoms. The highest BCUT2D eigenvalue weighted by atomic mass is 32.2. The maximum atomic E-state index is 13.2. The number of aliphatic hydroxyl groups is 2. The van der Waals surface area contributed by atoms with E-state index in [4.69, 9.17) is 14.2 Å². The minimum absolute atomic E-state index is 0.0685. The second-order valence-corrected chi connectivity index (χ2v) is 17.3. The molecule has 1 atom stereocenters. The molecule has 346 valence electrons. The zero-order chi connectivity index (χ0) is 48.1. The lowest BCUT2D eigenvalue weighted by Gasteiger charge is -2.13. The van der Waals surface area contributed by atoms with E-state index in [9.17, 15) is 68.9 Å². The smallest absolute Gasteiger partial charge is 0.355 e. The summed E-state index contributed by atoms with van der Waals surface area (Å²) < 4.78 is 118. The maximum Gasteiger partial charge on any atom is 0.355 e. The van der Waals surface area contributed by atoms with Crippen LogP contribution >= 0.6 is 0 Å². The van der Waals surface area contributed by atoms with Gasteiger partial charge in [0.1, 0.15) is 63.0 Å². The molecule has 0 radical (unpaired) electrons. The van der Waals surface area contributed by atoms with Crippen molar-refractivity contribution in [2.45, 2.75) is 20.7 Å². The van der Waals surface area contributed by atoms with Crippen LogP contribution in [0.5, 0.6) is 23.0 Å². The Morgan fingerprint density at radius 2 is 1.30 bits per heavy atom. The number of carbonyl (C=O) groups excluding carboxylic acids is 1. The number of hydrazone groups is 1. The lowest BCUT2D eigenvalue weighted by atomic mass is 10.1. The van der Waals surface area contributed by atoms with Gasteiger partial charge in [0.25, 0.3) is 36.3 Å². The third-order valence-corrected chi connectivity index (χ3v) is 11.4. The van der Waals surface area contributed by atoms with E-state index >= 15 is 0 Å². The molecule has 5 aromatic rings. The molecule has 66 heavy (non-hydrogen) atoms. The van der Waals surface area contributed by atoms with Crippen molar-refractivity contribution in [2.24, 2.45) is 35.8 Å². The molecule has 0 saturated carbocycles. The van der Waals surface area contributed by atoms with Crippen molar-refractivity contribution in [3.8, 4) is 23.0 Å². The van der Waals surface area contributed by atoms with Gasteiger partial charge in [-0.25, -0.2) is 4.79 Å². The number of hydrogen-bond donors (Lipinski definition) is 7. The number of carbonyl (C=O) groups is 2. The van der Waals surface area contributed by atoms with Crippen LogP contribution in [-0.2, 0) is 39.9 Å². The Hall–Kier alpha value is -7.38. The Morgan fingerprint density at radius 1 is 0.712 bits per heavy atom. The van der Waals surface area contributed by atoms with Gasteiger partial charge in [-0.05, 0) is 66.0 Å². The number of ether oxygens (including phenoxy) is 3. The fourth-order valence-electron chi connectivity index (χ4n) is 5.83. The topological polar surface area (TPSA) is 396 Å². The quantitative estimate of drug-likeness (QED) is 0.0457. The molecule has 0 aliphatic carbocycles. The van der Waals surface area contributed by atoms with Gasteiger partial charge in [0, 0.05) is 23.6 Å². The molecule has 7 N–H and O–H groups in total. The van der Waals surface area contributed by atoms with Gasteiger partial charge in [-0.1, -0.05) is 0 Å². The number of rotatable bonds is 18. The summed E-state index contributed by atoms with van der Waals surface area (Å²) in [6.45, 7) is -1.74. The summed E-state index contributed by atoms with van der Waals surface area (Å²) in [5, 5.41) is 67.8. The van der Waals surface area contributed by atoms with Crippen LogP contribution in [0.2, 0.25) is 0 Å². The Balaban J connectivity index is 1.36. The van der Waals surface area contributed by atoms with Crippen LogP contribution in [-0.4, -0.2) is 117 Å². The molecule has 0 saturated heterocycles. The number of benzene rings is 5. The second kappa shape index (κ2) is 19.4. The first-order valence-corrected chi connectivity index (χ1v) is 22.5. The molecule has 6 rings (SSSR count). The first-order valence-electron chi connectivity index (χ1n) is 18.2. The average Bonchev–Trinajstić information content (AvgIpc) is 3.60. The maximum absolute atomic E-state index is 13.2. The average molecular weight is 973 g/mol. The molecule has 0 fully saturated rings. The third kappa shape index (κ3) is 10.8. The van der Waals surface area contributed by atoms with Gasteiger partial charge in [-0.3, -0.25) is 18.5 Å². The van der Waals surface area contributed by atoms with Crippen molar-refractivity contribution in [1.82, 2.24) is 0 Å². The highest BCUT2D eigenvalue weighted by molar-refractivity contribution is 7.86. The number of aliphatic carboxylic acids is 1. The van der Waals surface area contributed by atoms with E-state index in [-0.39, 0.29) is 69.7 Å². The monoisotopic (exact) mass is 972 g/mol. The van der Waals surface area contributed by atoms with Crippen LogP contribution in [0.1, 0.15) is 0 Å². The van der Waals surface area contributed by atoms with E-state index in [0.717, 1.165) is 54.6 Å². The van der Waals surface area contributed by atoms with Crippen LogP contribution in [0.15, 0.2) is 129 Å². The van der Waals surface area contributed by atoms with Gasteiger partial charge in [0.15, 0.2) is 11.5 Å². The number of anilines is 1. The van der Waals surface area contributed by atoms with Gasteiger partial charge < -0.3 is 34.6 Å². The van der Waals surface area contributed by atoms with Crippen LogP contribution in [0.3, 0.4) is 0 Å². The third-order valence-electron chi connectivity index (χ3n) is 8.82. The predicted octanol–water partition coefficient (Wildman–Crippen LogP) is 4.81. The zero-order valence-electron chi connectivity index (χ0n) is 33.3. The lowest BCUT2D eigenvalue weighted by Crippen LogP contribution is -2.33. The number of hydrogen-bond acceptors (Lipinski definition) is 21. The molecule has 1 aliphatic heterocycles. The summed E-state index contributed by atoms with van der Waals surface area (Å²) in [5.74, 6) is -3.86. The number of aromatic hydroxyl groups is 1. The first-order chi connectivity index (χ1) is 31.1. The normalized spacial score (nSPS) is 14.8. The van der Waals surface area contributed by atoms with Crippen molar-refractivity contribution in [3.05, 3.63) is 78.9 Å². The van der Waals surface area contributed by atoms with Crippen molar-refractivity contribution < 1.29 is 83.1 Å². The summed E-state index contributed by atoms with van der Waals surface area (Å²) in [6, 6.07) is 12.5. The fourth-order valence-corrected chi connectivity index (χ4v) is 7.61. The Kier molecular flexibility index (Phi) is 14.1. The summed E-state index contributed by atoms with van der Waals surface area (Å²) in [4.78, 5) is 23.1. The van der Waals surface area contributed by atoms with Crippen molar-refractivity contribution >= 4 is 92.8 Å². The lowest BCUT2D eigenvalue weighted by molar-refractivity contribution is -0.130. The highest BCUT2D eigenvalue weighted by Gasteiger charge is 2.41. The largest absolute Gasteiger partial charge is 0.505 e. The summed E-state index contributed by atoms with van der Waals surface area (Å²) in [5.41, 5.74) is -2.56. The number of carboxylic acids is 1. The number of amides is 1. The molecule has 1 unspecified atom stereocenters. The van der Waals surface area contributed by atoms with Crippen molar-refractivity contribution in [3.63, 3.8) is 0 Å². The van der Waals surface area contributed by atoms with E-state index in [1.165, 1.54) is 31.4 Å². The number of aliphatic hydroxyl groups excluding tert-OH is 2. The molecule has 0 aromatic heterocycles. The fraction of sp³-hybridized carbons (Fsp3) is 0.162. The van der Waals surface area contributed by atoms with E-state index in [1.807, 2.05) is 0 Å². The number of phenols is 1. The standard InChI is InChI=1S/C37H32N8O18S3/c1-61-22-5-9-25(30(16-22)65(55,56)57)39-40-26-17-29(63-13-11-47)27(18-28(26)62-12-10-46)41-42-32-31(66(58,59)60)15-19-14-20(2-8-24(19)35(32)48)38-43-33-34(37(50)51)44-45(36(33)49)21-3-6-23(7-4-21)64(52,53)54/h2-9,14-18,33,46-48H,10-13H2,1H3,(H,50,51)(H,52,53,54)(H,55,56,57)(H,58,59,60). The highest BCUT2D eigenvalue weighted by Crippen LogP contribution is 2.45. The van der Waals surface area contributed by atoms with Crippen molar-refractivity contribution in [2.75, 3.05) is 38.5 Å². The van der Waals surface area contributed by atoms with E-state index in [0.29, 0.717) is 5.01 Å². The summed E-state index contributed by atoms with van der Waals surface area (Å²) >= 11 is 0. The van der Waals surface area contributed by atoms with Crippen LogP contribution < -0.4 is 19.2 Å². The minimum Gasteiger partial charge on any atom is -0.505 e. The van der Waals surface area contributed by atoms with Gasteiger partial charge in [0.05, 0.1) is 36.6 Å². The number of azo groups is 3. The predicted molar refractivity (Wildman–Crippen MR) is 225 cm³/mol. The van der Waals surface area contributed by atoms with Gasteiger partial charge in [0.2, 0.25) is 6.04 Å². The number of nitrogens with zero attached hydrogens (tertiary/aromatic N) is 8. The molecular weight excluding hydrogens is 941 g/mol. The Morgan fingerprint density at radius 3 is 1.85 bits per heavy atom. The van der Waals surface area contributed by atoms with Crippen molar-refractivity contribution in [1.29, 1.82) is 0 Å². The molecular formula is C37H32N8O18S3. The number of phenolic OH excluding ortho intramolecular Hbond substituents is 1.